The van der Waals surface area contributed by atoms with E-state index in [0.29, 0.717) is 12.4 Å². The van der Waals surface area contributed by atoms with E-state index < -0.39 is 0 Å². The van der Waals surface area contributed by atoms with E-state index >= 15 is 0 Å². The minimum absolute atomic E-state index is 0.0790. The van der Waals surface area contributed by atoms with Crippen LogP contribution in [0.25, 0.3) is 10.9 Å². The highest BCUT2D eigenvalue weighted by atomic mass is 79.9. The van der Waals surface area contributed by atoms with Crippen LogP contribution in [0.5, 0.6) is 0 Å². The summed E-state index contributed by atoms with van der Waals surface area (Å²) in [5.74, 6) is 1.47. The maximum Gasteiger partial charge on any atom is 0.143 e. The molecule has 0 radical (unpaired) electrons. The molecule has 2 aromatic heterocycles. The van der Waals surface area contributed by atoms with Gasteiger partial charge in [0.2, 0.25) is 0 Å². The minimum Gasteiger partial charge on any atom is -0.395 e. The Hall–Kier alpha value is -2.03. The van der Waals surface area contributed by atoms with Crippen LogP contribution in [0, 0.1) is 0 Å². The number of likely N-dealkylation sites (N-methyl/N-ethyl adjacent to an activating group) is 1. The summed E-state index contributed by atoms with van der Waals surface area (Å²) in [7, 11) is 1.88. The first-order chi connectivity index (χ1) is 13.4. The van der Waals surface area contributed by atoms with Crippen molar-refractivity contribution in [2.45, 2.75) is 13.8 Å². The summed E-state index contributed by atoms with van der Waals surface area (Å²) >= 11 is 6.69. The highest BCUT2D eigenvalue weighted by Gasteiger charge is 2.08. The molecule has 0 saturated carbocycles. The molecular formula is C20H23Br2N5O. The Morgan fingerprint density at radius 2 is 2.00 bits per heavy atom. The Balaban J connectivity index is 0.000000500. The zero-order valence-electron chi connectivity index (χ0n) is 16.0. The lowest BCUT2D eigenvalue weighted by molar-refractivity contribution is 0.304. The first-order valence-electron chi connectivity index (χ1n) is 8.68. The van der Waals surface area contributed by atoms with Gasteiger partial charge in [-0.05, 0) is 36.5 Å². The van der Waals surface area contributed by atoms with Crippen molar-refractivity contribution >= 4 is 60.1 Å². The first kappa shape index (κ1) is 22.3. The van der Waals surface area contributed by atoms with E-state index in [9.17, 15) is 0 Å². The number of hydrogen-bond donors (Lipinski definition) is 2. The molecule has 1 aromatic carbocycles. The second-order valence-electron chi connectivity index (χ2n) is 5.94. The molecule has 2 heterocycles. The molecular weight excluding hydrogens is 486 g/mol. The second-order valence-corrected chi connectivity index (χ2v) is 8.10. The Labute approximate surface area is 182 Å². The quantitative estimate of drug-likeness (QED) is 0.489. The predicted octanol–water partition coefficient (Wildman–Crippen LogP) is 5.26. The predicted molar refractivity (Wildman–Crippen MR) is 123 cm³/mol. The van der Waals surface area contributed by atoms with Crippen molar-refractivity contribution in [3.8, 4) is 0 Å². The molecule has 148 valence electrons. The van der Waals surface area contributed by atoms with Crippen molar-refractivity contribution in [2.24, 2.45) is 0 Å². The van der Waals surface area contributed by atoms with Gasteiger partial charge in [0.15, 0.2) is 0 Å². The van der Waals surface area contributed by atoms with E-state index in [4.69, 9.17) is 5.11 Å². The van der Waals surface area contributed by atoms with Gasteiger partial charge in [-0.25, -0.2) is 15.0 Å². The van der Waals surface area contributed by atoms with Crippen LogP contribution in [0.3, 0.4) is 0 Å². The average molecular weight is 509 g/mol. The second kappa shape index (κ2) is 11.1. The third kappa shape index (κ3) is 6.54. The molecule has 8 heteroatoms. The molecule has 0 fully saturated rings. The van der Waals surface area contributed by atoms with Crippen molar-refractivity contribution in [1.82, 2.24) is 15.0 Å². The van der Waals surface area contributed by atoms with Crippen molar-refractivity contribution < 1.29 is 5.11 Å². The van der Waals surface area contributed by atoms with Crippen molar-refractivity contribution in [3.05, 3.63) is 57.9 Å². The number of benzene rings is 1. The Morgan fingerprint density at radius 3 is 2.64 bits per heavy atom. The average Bonchev–Trinajstić information content (AvgIpc) is 2.68. The molecule has 0 aliphatic rings. The number of nitrogens with one attached hydrogen (secondary N) is 1. The standard InChI is InChI=1S/C16H16BrN5O.C4H7Br/c1-22(5-6-23)15-8-14-13(9-18-15)16(20-10-19-14)21-12-4-2-3-11(17)7-12;1-3-4(2)5/h2-4,7-10,23H,5-6H2,1H3,(H,19,20,21);3H,1-2H3/b;4-3+. The SMILES string of the molecule is C/C=C(\C)Br.CN(CCO)c1cc2ncnc(Nc3cccc(Br)c3)c2cn1. The van der Waals surface area contributed by atoms with Crippen LogP contribution in [-0.4, -0.2) is 40.3 Å². The number of pyridine rings is 1. The maximum atomic E-state index is 9.03. The number of rotatable bonds is 5. The van der Waals surface area contributed by atoms with Gasteiger partial charge in [0.05, 0.1) is 17.5 Å². The molecule has 28 heavy (non-hydrogen) atoms. The van der Waals surface area contributed by atoms with Crippen LogP contribution >= 0.6 is 31.9 Å². The van der Waals surface area contributed by atoms with Crippen molar-refractivity contribution in [2.75, 3.05) is 30.4 Å². The highest BCUT2D eigenvalue weighted by molar-refractivity contribution is 9.11. The van der Waals surface area contributed by atoms with E-state index in [1.807, 2.05) is 62.2 Å². The number of hydrogen-bond acceptors (Lipinski definition) is 6. The molecule has 0 atom stereocenters. The summed E-state index contributed by atoms with van der Waals surface area (Å²) in [6, 6.07) is 9.75. The molecule has 0 aliphatic heterocycles. The third-order valence-corrected chi connectivity index (χ3v) is 4.77. The molecule has 0 unspecified atom stereocenters. The van der Waals surface area contributed by atoms with E-state index in [1.54, 1.807) is 6.20 Å². The number of aliphatic hydroxyl groups is 1. The van der Waals surface area contributed by atoms with Gasteiger partial charge < -0.3 is 15.3 Å². The zero-order chi connectivity index (χ0) is 20.5. The Kier molecular flexibility index (Phi) is 8.82. The maximum absolute atomic E-state index is 9.03. The van der Waals surface area contributed by atoms with Gasteiger partial charge in [0.25, 0.3) is 0 Å². The molecule has 0 aliphatic carbocycles. The number of aliphatic hydroxyl groups excluding tert-OH is 1. The Bertz CT molecular complexity index is 945. The minimum atomic E-state index is 0.0790. The van der Waals surface area contributed by atoms with E-state index in [0.717, 1.165) is 26.9 Å². The van der Waals surface area contributed by atoms with Crippen LogP contribution in [-0.2, 0) is 0 Å². The van der Waals surface area contributed by atoms with E-state index in [-0.39, 0.29) is 6.61 Å². The number of anilines is 3. The monoisotopic (exact) mass is 507 g/mol. The fraction of sp³-hybridized carbons (Fsp3) is 0.250. The van der Waals surface area contributed by atoms with Crippen LogP contribution in [0.15, 0.2) is 57.9 Å². The summed E-state index contributed by atoms with van der Waals surface area (Å²) in [5.41, 5.74) is 1.73. The van der Waals surface area contributed by atoms with Gasteiger partial charge in [-0.2, -0.15) is 0 Å². The molecule has 6 nitrogen and oxygen atoms in total. The van der Waals surface area contributed by atoms with Gasteiger partial charge in [0, 0.05) is 36.0 Å². The summed E-state index contributed by atoms with van der Waals surface area (Å²) in [4.78, 5) is 14.9. The number of aromatic nitrogens is 3. The van der Waals surface area contributed by atoms with E-state index in [2.05, 4.69) is 52.1 Å². The van der Waals surface area contributed by atoms with Gasteiger partial charge in [-0.1, -0.05) is 44.0 Å². The lowest BCUT2D eigenvalue weighted by Crippen LogP contribution is -2.22. The number of halogens is 2. The van der Waals surface area contributed by atoms with Crippen LogP contribution in [0.2, 0.25) is 0 Å². The summed E-state index contributed by atoms with van der Waals surface area (Å²) in [5, 5.41) is 13.2. The molecule has 3 rings (SSSR count). The van der Waals surface area contributed by atoms with Crippen LogP contribution in [0.1, 0.15) is 13.8 Å². The van der Waals surface area contributed by atoms with Crippen LogP contribution in [0.4, 0.5) is 17.3 Å². The number of fused-ring (bicyclic) bond motifs is 1. The van der Waals surface area contributed by atoms with E-state index in [1.165, 1.54) is 10.8 Å². The molecule has 2 N–H and O–H groups in total. The van der Waals surface area contributed by atoms with Gasteiger partial charge >= 0.3 is 0 Å². The molecule has 0 amide bonds. The number of allylic oxidation sites excluding steroid dienone is 2. The lowest BCUT2D eigenvalue weighted by atomic mass is 10.2. The smallest absolute Gasteiger partial charge is 0.143 e. The summed E-state index contributed by atoms with van der Waals surface area (Å²) in [6.45, 7) is 4.59. The molecule has 3 aromatic rings. The van der Waals surface area contributed by atoms with Gasteiger partial charge in [0.1, 0.15) is 18.0 Å². The zero-order valence-corrected chi connectivity index (χ0v) is 19.2. The third-order valence-electron chi connectivity index (χ3n) is 3.82. The molecule has 0 spiro atoms. The molecule has 0 bridgehead atoms. The molecule has 0 saturated heterocycles. The van der Waals surface area contributed by atoms with Crippen LogP contribution < -0.4 is 10.2 Å². The normalized spacial score (nSPS) is 11.0. The Morgan fingerprint density at radius 1 is 1.25 bits per heavy atom. The topological polar surface area (TPSA) is 74.2 Å². The summed E-state index contributed by atoms with van der Waals surface area (Å²) in [6.07, 6.45) is 5.28. The number of nitrogens with zero attached hydrogens (tertiary/aromatic N) is 4. The summed E-state index contributed by atoms with van der Waals surface area (Å²) < 4.78 is 2.18. The lowest BCUT2D eigenvalue weighted by Gasteiger charge is -2.17. The van der Waals surface area contributed by atoms with Gasteiger partial charge in [-0.3, -0.25) is 0 Å². The first-order valence-corrected chi connectivity index (χ1v) is 10.3. The fourth-order valence-electron chi connectivity index (χ4n) is 2.22. The highest BCUT2D eigenvalue weighted by Crippen LogP contribution is 2.25. The van der Waals surface area contributed by atoms with Gasteiger partial charge in [-0.15, -0.1) is 0 Å². The van der Waals surface area contributed by atoms with Crippen molar-refractivity contribution in [1.29, 1.82) is 0 Å². The van der Waals surface area contributed by atoms with Crippen molar-refractivity contribution in [3.63, 3.8) is 0 Å². The fourth-order valence-corrected chi connectivity index (χ4v) is 2.62. The largest absolute Gasteiger partial charge is 0.395 e.